The second-order valence-electron chi connectivity index (χ2n) is 8.51. The quantitative estimate of drug-likeness (QED) is 0.741. The van der Waals surface area contributed by atoms with E-state index in [1.165, 1.54) is 4.90 Å². The molecular weight excluding hydrogens is 372 g/mol. The Bertz CT molecular complexity index is 825. The number of Topliss-reactive ketones (excluding diaryl/α,β-unsaturated/α-hetero) is 1. The molecule has 0 saturated carbocycles. The Hall–Kier alpha value is -2.83. The number of ether oxygens (including phenoxy) is 1. The number of hydrogen-bond acceptors (Lipinski definition) is 5. The Balaban J connectivity index is 1.72. The first kappa shape index (κ1) is 20.9. The number of hydrogen-bond donors (Lipinski definition) is 2. The van der Waals surface area contributed by atoms with Gasteiger partial charge in [-0.3, -0.25) is 14.5 Å². The van der Waals surface area contributed by atoms with Crippen molar-refractivity contribution in [2.75, 3.05) is 6.54 Å². The van der Waals surface area contributed by atoms with Gasteiger partial charge in [-0.05, 0) is 52.0 Å². The van der Waals surface area contributed by atoms with Crippen molar-refractivity contribution in [2.24, 2.45) is 0 Å². The fourth-order valence-electron chi connectivity index (χ4n) is 3.74. The Kier molecular flexibility index (Phi) is 5.96. The lowest BCUT2D eigenvalue weighted by molar-refractivity contribution is -0.124. The summed E-state index contributed by atoms with van der Waals surface area (Å²) in [6.45, 7) is 5.66. The highest BCUT2D eigenvalue weighted by atomic mass is 16.6. The van der Waals surface area contributed by atoms with Crippen molar-refractivity contribution in [1.29, 1.82) is 0 Å². The van der Waals surface area contributed by atoms with Crippen LogP contribution in [0.15, 0.2) is 41.7 Å². The third-order valence-corrected chi connectivity index (χ3v) is 5.11. The molecule has 1 saturated heterocycles. The van der Waals surface area contributed by atoms with Crippen LogP contribution in [0.5, 0.6) is 0 Å². The van der Waals surface area contributed by atoms with Gasteiger partial charge in [-0.1, -0.05) is 30.3 Å². The van der Waals surface area contributed by atoms with Gasteiger partial charge in [0.15, 0.2) is 5.78 Å². The number of aryl methyl sites for hydroxylation is 1. The molecule has 3 rings (SSSR count). The number of benzene rings is 1. The second-order valence-corrected chi connectivity index (χ2v) is 8.51. The largest absolute Gasteiger partial charge is 0.509 e. The number of rotatable bonds is 5. The summed E-state index contributed by atoms with van der Waals surface area (Å²) in [5.74, 6) is -1.33. The lowest BCUT2D eigenvalue weighted by Crippen LogP contribution is -2.44. The maximum absolute atomic E-state index is 13.0. The van der Waals surface area contributed by atoms with Crippen LogP contribution in [0.2, 0.25) is 0 Å². The lowest BCUT2D eigenvalue weighted by Gasteiger charge is -2.28. The van der Waals surface area contributed by atoms with Gasteiger partial charge < -0.3 is 15.2 Å². The van der Waals surface area contributed by atoms with Gasteiger partial charge in [0.25, 0.3) is 5.91 Å². The van der Waals surface area contributed by atoms with Crippen LogP contribution < -0.4 is 5.32 Å². The molecule has 2 aliphatic rings. The minimum atomic E-state index is -0.791. The maximum Gasteiger partial charge on any atom is 0.410 e. The third kappa shape index (κ3) is 4.78. The van der Waals surface area contributed by atoms with Crippen LogP contribution in [-0.2, 0) is 20.7 Å². The predicted molar refractivity (Wildman–Crippen MR) is 107 cm³/mol. The summed E-state index contributed by atoms with van der Waals surface area (Å²) in [6.07, 6.45) is 1.65. The summed E-state index contributed by atoms with van der Waals surface area (Å²) >= 11 is 0. The number of aliphatic hydroxyl groups excluding tert-OH is 1. The third-order valence-electron chi connectivity index (χ3n) is 5.11. The predicted octanol–water partition coefficient (Wildman–Crippen LogP) is 2.90. The Morgan fingerprint density at radius 3 is 2.59 bits per heavy atom. The van der Waals surface area contributed by atoms with E-state index in [1.54, 1.807) is 20.8 Å². The highest BCUT2D eigenvalue weighted by Gasteiger charge is 2.43. The molecule has 2 N–H and O–H groups in total. The first-order valence-electron chi connectivity index (χ1n) is 9.99. The molecule has 29 heavy (non-hydrogen) atoms. The molecule has 7 heteroatoms. The van der Waals surface area contributed by atoms with E-state index in [9.17, 15) is 19.5 Å². The van der Waals surface area contributed by atoms with E-state index in [1.807, 2.05) is 30.3 Å². The number of nitrogens with one attached hydrogen (secondary N) is 1. The number of amides is 2. The van der Waals surface area contributed by atoms with E-state index < -0.39 is 35.5 Å². The van der Waals surface area contributed by atoms with Gasteiger partial charge in [-0.2, -0.15) is 0 Å². The van der Waals surface area contributed by atoms with E-state index in [-0.39, 0.29) is 11.3 Å². The molecule has 156 valence electrons. The highest BCUT2D eigenvalue weighted by Crippen LogP contribution is 2.27. The molecule has 0 radical (unpaired) electrons. The summed E-state index contributed by atoms with van der Waals surface area (Å²) < 4.78 is 5.38. The van der Waals surface area contributed by atoms with Crippen molar-refractivity contribution in [3.8, 4) is 0 Å². The van der Waals surface area contributed by atoms with Gasteiger partial charge in [0, 0.05) is 6.54 Å². The Labute approximate surface area is 170 Å². The van der Waals surface area contributed by atoms with E-state index in [2.05, 4.69) is 5.32 Å². The molecule has 0 bridgehead atoms. The van der Waals surface area contributed by atoms with Crippen LogP contribution in [0.3, 0.4) is 0 Å². The fraction of sp³-hybridized carbons (Fsp3) is 0.500. The monoisotopic (exact) mass is 400 g/mol. The number of carbonyl (C=O) groups excluding carboxylic acids is 3. The van der Waals surface area contributed by atoms with Crippen LogP contribution in [0.4, 0.5) is 4.79 Å². The fourth-order valence-corrected chi connectivity index (χ4v) is 3.74. The average Bonchev–Trinajstić information content (AvgIpc) is 3.24. The van der Waals surface area contributed by atoms with Gasteiger partial charge in [-0.15, -0.1) is 0 Å². The van der Waals surface area contributed by atoms with Gasteiger partial charge in [0.05, 0.1) is 12.1 Å². The lowest BCUT2D eigenvalue weighted by atomic mass is 9.99. The molecule has 0 spiro atoms. The summed E-state index contributed by atoms with van der Waals surface area (Å²) in [5.41, 5.74) is 0.173. The molecule has 2 atom stereocenters. The van der Waals surface area contributed by atoms with Gasteiger partial charge >= 0.3 is 6.09 Å². The van der Waals surface area contributed by atoms with Gasteiger partial charge in [0.1, 0.15) is 16.9 Å². The molecule has 2 amide bonds. The normalized spacial score (nSPS) is 22.0. The zero-order valence-electron chi connectivity index (χ0n) is 17.1. The number of aliphatic hydroxyl groups is 1. The van der Waals surface area contributed by atoms with Crippen LogP contribution in [-0.4, -0.2) is 52.0 Å². The molecule has 1 fully saturated rings. The Morgan fingerprint density at radius 2 is 1.93 bits per heavy atom. The number of likely N-dealkylation sites (tertiary alicyclic amines) is 1. The summed E-state index contributed by atoms with van der Waals surface area (Å²) in [6, 6.07) is 8.34. The van der Waals surface area contributed by atoms with Crippen molar-refractivity contribution in [3.63, 3.8) is 0 Å². The molecule has 1 aromatic carbocycles. The van der Waals surface area contributed by atoms with Crippen molar-refractivity contribution < 1.29 is 24.2 Å². The SMILES string of the molecule is CC(C)(C)OC(=O)N1CCCC1C(=O)C1=C(O)C(CCc2ccccc2)NC1=O. The summed E-state index contributed by atoms with van der Waals surface area (Å²) in [7, 11) is 0. The molecule has 0 aliphatic carbocycles. The second kappa shape index (κ2) is 8.27. The van der Waals surface area contributed by atoms with Crippen molar-refractivity contribution in [1.82, 2.24) is 10.2 Å². The molecule has 2 heterocycles. The van der Waals surface area contributed by atoms with Crippen LogP contribution in [0.25, 0.3) is 0 Å². The average molecular weight is 400 g/mol. The minimum absolute atomic E-state index is 0.230. The zero-order chi connectivity index (χ0) is 21.2. The summed E-state index contributed by atoms with van der Waals surface area (Å²) in [4.78, 5) is 39.3. The topological polar surface area (TPSA) is 95.9 Å². The van der Waals surface area contributed by atoms with E-state index in [0.29, 0.717) is 32.2 Å². The summed E-state index contributed by atoms with van der Waals surface area (Å²) in [5, 5.41) is 13.3. The van der Waals surface area contributed by atoms with Crippen LogP contribution in [0, 0.1) is 0 Å². The van der Waals surface area contributed by atoms with Crippen molar-refractivity contribution in [2.45, 2.75) is 64.1 Å². The van der Waals surface area contributed by atoms with E-state index >= 15 is 0 Å². The smallest absolute Gasteiger partial charge is 0.410 e. The molecule has 2 aliphatic heterocycles. The minimum Gasteiger partial charge on any atom is -0.509 e. The molecular formula is C22H28N2O5. The highest BCUT2D eigenvalue weighted by molar-refractivity contribution is 6.23. The van der Waals surface area contributed by atoms with Crippen molar-refractivity contribution in [3.05, 3.63) is 47.2 Å². The van der Waals surface area contributed by atoms with Gasteiger partial charge in [-0.25, -0.2) is 4.79 Å². The molecule has 2 unspecified atom stereocenters. The Morgan fingerprint density at radius 1 is 1.24 bits per heavy atom. The van der Waals surface area contributed by atoms with E-state index in [0.717, 1.165) is 5.56 Å². The number of carbonyl (C=O) groups is 3. The first-order valence-corrected chi connectivity index (χ1v) is 9.99. The number of ketones is 1. The van der Waals surface area contributed by atoms with Crippen LogP contribution in [0.1, 0.15) is 45.6 Å². The van der Waals surface area contributed by atoms with Crippen molar-refractivity contribution >= 4 is 17.8 Å². The number of nitrogens with zero attached hydrogens (tertiary/aromatic N) is 1. The standard InChI is InChI=1S/C22H28N2O5/c1-22(2,3)29-21(28)24-13-7-10-16(24)19(26)17-18(25)15(23-20(17)27)12-11-14-8-5-4-6-9-14/h4-6,8-9,15-16,25H,7,10-13H2,1-3H3,(H,23,27). The van der Waals surface area contributed by atoms with Crippen LogP contribution >= 0.6 is 0 Å². The molecule has 0 aromatic heterocycles. The van der Waals surface area contributed by atoms with Gasteiger partial charge in [0.2, 0.25) is 0 Å². The molecule has 7 nitrogen and oxygen atoms in total. The molecule has 1 aromatic rings. The maximum atomic E-state index is 13.0. The first-order chi connectivity index (χ1) is 13.7. The zero-order valence-corrected chi connectivity index (χ0v) is 17.1. The van der Waals surface area contributed by atoms with E-state index in [4.69, 9.17) is 4.74 Å².